The van der Waals surface area contributed by atoms with Crippen LogP contribution in [-0.4, -0.2) is 92.8 Å². The molecule has 1 rings (SSSR count). The summed E-state index contributed by atoms with van der Waals surface area (Å²) in [5.74, 6) is -6.80. The molecule has 0 aromatic rings. The molecule has 12 heteroatoms. The van der Waals surface area contributed by atoms with E-state index >= 15 is 0 Å². The topological polar surface area (TPSA) is 200 Å². The Morgan fingerprint density at radius 1 is 0.630 bits per heavy atom. The quantitative estimate of drug-likeness (QED) is 0.0291. The van der Waals surface area contributed by atoms with E-state index < -0.39 is 67.3 Å². The zero-order valence-corrected chi connectivity index (χ0v) is 34.1. The summed E-state index contributed by atoms with van der Waals surface area (Å²) in [4.78, 5) is 52.0. The molecule has 1 aliphatic rings. The van der Waals surface area contributed by atoms with Crippen LogP contribution >= 0.6 is 0 Å². The summed E-state index contributed by atoms with van der Waals surface area (Å²) in [5, 5.41) is 43.2. The lowest BCUT2D eigenvalue weighted by Gasteiger charge is -2.52. The Bertz CT molecular complexity index is 1020. The number of carboxylic acids is 1. The van der Waals surface area contributed by atoms with Gasteiger partial charge in [0, 0.05) is 19.4 Å². The molecule has 0 unspecified atom stereocenters. The van der Waals surface area contributed by atoms with Gasteiger partial charge in [-0.3, -0.25) is 24.9 Å². The van der Waals surface area contributed by atoms with E-state index in [9.17, 15) is 34.5 Å². The second-order valence-electron chi connectivity index (χ2n) is 15.6. The van der Waals surface area contributed by atoms with Crippen LogP contribution in [0.2, 0.25) is 0 Å². The number of amides is 2. The first-order chi connectivity index (χ1) is 26.0. The molecule has 0 saturated carbocycles. The van der Waals surface area contributed by atoms with Crippen molar-refractivity contribution in [3.8, 4) is 0 Å². The lowest BCUT2D eigenvalue weighted by molar-refractivity contribution is -0.291. The number of aliphatic hydroxyl groups is 3. The number of aliphatic hydroxyl groups excluding tert-OH is 3. The van der Waals surface area contributed by atoms with E-state index in [1.54, 1.807) is 0 Å². The van der Waals surface area contributed by atoms with Gasteiger partial charge in [-0.2, -0.15) is 0 Å². The minimum Gasteiger partial charge on any atom is -0.481 e. The van der Waals surface area contributed by atoms with Crippen LogP contribution in [-0.2, 0) is 23.9 Å². The molecule has 0 aliphatic carbocycles. The van der Waals surface area contributed by atoms with Crippen molar-refractivity contribution in [1.29, 1.82) is 0 Å². The third-order valence-corrected chi connectivity index (χ3v) is 10.9. The molecule has 316 valence electrons. The molecule has 7 N–H and O–H groups in total. The monoisotopic (exact) mass is 770 g/mol. The number of nitrogens with two attached hydrogens (primary N) is 1. The summed E-state index contributed by atoms with van der Waals surface area (Å²) in [7, 11) is 0. The zero-order chi connectivity index (χ0) is 40.0. The predicted molar refractivity (Wildman–Crippen MR) is 212 cm³/mol. The van der Waals surface area contributed by atoms with Crippen molar-refractivity contribution >= 4 is 23.6 Å². The van der Waals surface area contributed by atoms with Gasteiger partial charge in [-0.15, -0.1) is 0 Å². The van der Waals surface area contributed by atoms with Gasteiger partial charge in [0.05, 0.1) is 25.7 Å². The molecule has 1 fully saturated rings. The van der Waals surface area contributed by atoms with Gasteiger partial charge in [0.1, 0.15) is 18.1 Å². The highest BCUT2D eigenvalue weighted by Gasteiger charge is 2.58. The van der Waals surface area contributed by atoms with Crippen molar-refractivity contribution in [1.82, 2.24) is 10.2 Å². The minimum absolute atomic E-state index is 0.154. The Hall–Kier alpha value is -2.12. The molecule has 0 aromatic carbocycles. The Morgan fingerprint density at radius 3 is 1.48 bits per heavy atom. The highest BCUT2D eigenvalue weighted by Crippen LogP contribution is 2.36. The molecule has 0 spiro atoms. The number of Topliss-reactive ketones (excluding diaryl/α,β-unsaturated/α-hetero) is 1. The SMILES string of the molecule is CCCCCCCCCCCCCCCCCCN(C(=O)CCCCCCCCCCC)[C@]1(N)O[C@H](CO)[C@@H](O)[C@H](O)[C@H]1C(=O)CNC(=O)CCC(=O)O. The number of hydrogen-bond donors (Lipinski definition) is 6. The molecule has 1 heterocycles. The largest absolute Gasteiger partial charge is 0.481 e. The molecule has 2 amide bonds. The molecule has 54 heavy (non-hydrogen) atoms. The van der Waals surface area contributed by atoms with E-state index in [0.29, 0.717) is 12.8 Å². The Balaban J connectivity index is 2.84. The highest BCUT2D eigenvalue weighted by molar-refractivity contribution is 5.90. The summed E-state index contributed by atoms with van der Waals surface area (Å²) < 4.78 is 5.99. The molecule has 5 atom stereocenters. The van der Waals surface area contributed by atoms with Gasteiger partial charge < -0.3 is 35.4 Å². The normalized spacial score (nSPS) is 21.2. The van der Waals surface area contributed by atoms with Gasteiger partial charge in [0.25, 0.3) is 0 Å². The summed E-state index contributed by atoms with van der Waals surface area (Å²) >= 11 is 0. The van der Waals surface area contributed by atoms with Gasteiger partial charge in [0.15, 0.2) is 5.78 Å². The van der Waals surface area contributed by atoms with Crippen LogP contribution in [0.5, 0.6) is 0 Å². The van der Waals surface area contributed by atoms with E-state index in [2.05, 4.69) is 19.2 Å². The van der Waals surface area contributed by atoms with E-state index in [4.69, 9.17) is 15.6 Å². The van der Waals surface area contributed by atoms with Crippen LogP contribution in [0.25, 0.3) is 0 Å². The number of rotatable bonds is 35. The predicted octanol–water partition coefficient (Wildman–Crippen LogP) is 6.89. The van der Waals surface area contributed by atoms with Crippen LogP contribution in [0.4, 0.5) is 0 Å². The van der Waals surface area contributed by atoms with Crippen molar-refractivity contribution in [2.75, 3.05) is 19.7 Å². The number of aliphatic carboxylic acids is 1. The fourth-order valence-corrected chi connectivity index (χ4v) is 7.48. The highest BCUT2D eigenvalue weighted by atomic mass is 16.6. The van der Waals surface area contributed by atoms with Crippen molar-refractivity contribution in [2.45, 2.75) is 218 Å². The zero-order valence-electron chi connectivity index (χ0n) is 34.1. The lowest BCUT2D eigenvalue weighted by atomic mass is 9.82. The van der Waals surface area contributed by atoms with Gasteiger partial charge in [-0.1, -0.05) is 162 Å². The van der Waals surface area contributed by atoms with E-state index in [1.807, 2.05) is 0 Å². The van der Waals surface area contributed by atoms with Crippen LogP contribution in [0.15, 0.2) is 0 Å². The third kappa shape index (κ3) is 20.7. The number of nitrogens with one attached hydrogen (secondary N) is 1. The molecular formula is C42H79N3O9. The Kier molecular flexibility index (Phi) is 28.7. The van der Waals surface area contributed by atoms with Gasteiger partial charge in [-0.25, -0.2) is 0 Å². The molecule has 1 saturated heterocycles. The number of ether oxygens (including phenoxy) is 1. The number of ketones is 1. The van der Waals surface area contributed by atoms with Crippen LogP contribution < -0.4 is 11.1 Å². The fraction of sp³-hybridized carbons (Fsp3) is 0.905. The third-order valence-electron chi connectivity index (χ3n) is 10.9. The molecule has 12 nitrogen and oxygen atoms in total. The van der Waals surface area contributed by atoms with Crippen molar-refractivity contribution < 1.29 is 44.3 Å². The van der Waals surface area contributed by atoms with Crippen LogP contribution in [0.3, 0.4) is 0 Å². The summed E-state index contributed by atoms with van der Waals surface area (Å²) in [6.45, 7) is 3.28. The minimum atomic E-state index is -2.19. The van der Waals surface area contributed by atoms with Crippen LogP contribution in [0.1, 0.15) is 194 Å². The van der Waals surface area contributed by atoms with Gasteiger partial charge in [-0.05, 0) is 12.8 Å². The number of carboxylic acid groups (broad SMARTS) is 1. The molecule has 0 bridgehead atoms. The maximum Gasteiger partial charge on any atom is 0.303 e. The summed E-state index contributed by atoms with van der Waals surface area (Å²) in [6, 6.07) is 0. The standard InChI is InChI=1S/C42H79N3O9/c1-3-5-7-9-11-13-14-15-16-17-18-19-21-23-25-27-31-45(37(49)28-26-24-22-20-12-10-8-6-4-2)42(43)39(41(53)40(52)35(33-46)54-42)34(47)32-44-36(48)29-30-38(50)51/h35,39-41,46,52-53H,3-33,43H2,1-2H3,(H,44,48)(H,50,51)/t35-,39-,40-,41-,42+/m1/s1. The van der Waals surface area contributed by atoms with E-state index in [1.165, 1.54) is 108 Å². The first kappa shape index (κ1) is 49.9. The molecule has 0 radical (unpaired) electrons. The number of carbonyl (C=O) groups excluding carboxylic acids is 3. The number of unbranched alkanes of at least 4 members (excludes halogenated alkanes) is 23. The average Bonchev–Trinajstić information content (AvgIpc) is 3.15. The second kappa shape index (κ2) is 31.0. The first-order valence-electron chi connectivity index (χ1n) is 21.8. The molecule has 1 aliphatic heterocycles. The number of nitrogens with zero attached hydrogens (tertiary/aromatic N) is 1. The second-order valence-corrected chi connectivity index (χ2v) is 15.6. The van der Waals surface area contributed by atoms with Crippen LogP contribution in [0, 0.1) is 5.92 Å². The first-order valence-corrected chi connectivity index (χ1v) is 21.8. The Morgan fingerprint density at radius 2 is 1.06 bits per heavy atom. The number of hydrogen-bond acceptors (Lipinski definition) is 9. The summed E-state index contributed by atoms with van der Waals surface area (Å²) in [6.07, 6.45) is 23.3. The molecule has 0 aromatic heterocycles. The van der Waals surface area contributed by atoms with Crippen molar-refractivity contribution in [3.63, 3.8) is 0 Å². The van der Waals surface area contributed by atoms with Crippen molar-refractivity contribution in [2.24, 2.45) is 11.7 Å². The van der Waals surface area contributed by atoms with Gasteiger partial charge in [0.2, 0.25) is 17.7 Å². The maximum absolute atomic E-state index is 13.9. The van der Waals surface area contributed by atoms with E-state index in [0.717, 1.165) is 44.9 Å². The molecular weight excluding hydrogens is 690 g/mol. The average molecular weight is 770 g/mol. The summed E-state index contributed by atoms with van der Waals surface area (Å²) in [5.41, 5.74) is 6.84. The van der Waals surface area contributed by atoms with Gasteiger partial charge >= 0.3 is 5.97 Å². The maximum atomic E-state index is 13.9. The fourth-order valence-electron chi connectivity index (χ4n) is 7.48. The van der Waals surface area contributed by atoms with Crippen molar-refractivity contribution in [3.05, 3.63) is 0 Å². The number of carbonyl (C=O) groups is 4. The Labute approximate surface area is 326 Å². The smallest absolute Gasteiger partial charge is 0.303 e. The van der Waals surface area contributed by atoms with E-state index in [-0.39, 0.29) is 25.3 Å². The lowest BCUT2D eigenvalue weighted by Crippen LogP contribution is -2.75.